The van der Waals surface area contributed by atoms with Gasteiger partial charge in [0.15, 0.2) is 0 Å². The van der Waals surface area contributed by atoms with Crippen LogP contribution in [0.15, 0.2) is 0 Å². The fourth-order valence-corrected chi connectivity index (χ4v) is 2.17. The second kappa shape index (κ2) is 7.68. The summed E-state index contributed by atoms with van der Waals surface area (Å²) in [4.78, 5) is 11.2. The van der Waals surface area contributed by atoms with Crippen LogP contribution in [0.5, 0.6) is 0 Å². The molecule has 0 saturated carbocycles. The molecule has 0 aliphatic rings. The summed E-state index contributed by atoms with van der Waals surface area (Å²) in [5, 5.41) is 12.1. The SMILES string of the molecule is CCNc1nc(C)nc(N(CCC#N)CC(C)C)c1C. The lowest BCUT2D eigenvalue weighted by atomic mass is 10.2. The number of rotatable bonds is 7. The van der Waals surface area contributed by atoms with Crippen molar-refractivity contribution in [1.29, 1.82) is 5.26 Å². The molecule has 110 valence electrons. The molecule has 0 unspecified atom stereocenters. The maximum Gasteiger partial charge on any atom is 0.137 e. The molecule has 0 spiro atoms. The van der Waals surface area contributed by atoms with Gasteiger partial charge in [0.1, 0.15) is 17.5 Å². The van der Waals surface area contributed by atoms with Gasteiger partial charge < -0.3 is 10.2 Å². The Kier molecular flexibility index (Phi) is 6.23. The number of hydrogen-bond donors (Lipinski definition) is 1. The Bertz CT molecular complexity index is 476. The molecule has 0 radical (unpaired) electrons. The third kappa shape index (κ3) is 4.37. The summed E-state index contributed by atoms with van der Waals surface area (Å²) in [5.74, 6) is 3.11. The molecule has 1 aromatic heterocycles. The van der Waals surface area contributed by atoms with Gasteiger partial charge in [-0.25, -0.2) is 9.97 Å². The highest BCUT2D eigenvalue weighted by molar-refractivity contribution is 5.58. The van der Waals surface area contributed by atoms with Crippen molar-refractivity contribution < 1.29 is 0 Å². The zero-order chi connectivity index (χ0) is 15.1. The first kappa shape index (κ1) is 16.2. The van der Waals surface area contributed by atoms with Crippen molar-refractivity contribution in [2.24, 2.45) is 5.92 Å². The Hall–Kier alpha value is -1.83. The number of aryl methyl sites for hydroxylation is 1. The average molecular weight is 275 g/mol. The van der Waals surface area contributed by atoms with Crippen molar-refractivity contribution in [3.63, 3.8) is 0 Å². The zero-order valence-corrected chi connectivity index (χ0v) is 13.2. The van der Waals surface area contributed by atoms with Crippen LogP contribution in [0.4, 0.5) is 11.6 Å². The van der Waals surface area contributed by atoms with Gasteiger partial charge in [-0.1, -0.05) is 13.8 Å². The number of nitrogens with one attached hydrogen (secondary N) is 1. The number of anilines is 2. The van der Waals surface area contributed by atoms with Crippen LogP contribution in [0.25, 0.3) is 0 Å². The van der Waals surface area contributed by atoms with Crippen molar-refractivity contribution >= 4 is 11.6 Å². The summed E-state index contributed by atoms with van der Waals surface area (Å²) >= 11 is 0. The highest BCUT2D eigenvalue weighted by Crippen LogP contribution is 2.24. The Morgan fingerprint density at radius 3 is 2.55 bits per heavy atom. The smallest absolute Gasteiger partial charge is 0.137 e. The van der Waals surface area contributed by atoms with Gasteiger partial charge in [-0.3, -0.25) is 0 Å². The lowest BCUT2D eigenvalue weighted by molar-refractivity contribution is 0.605. The molecule has 0 atom stereocenters. The van der Waals surface area contributed by atoms with Crippen molar-refractivity contribution in [2.75, 3.05) is 29.9 Å². The van der Waals surface area contributed by atoms with Crippen LogP contribution < -0.4 is 10.2 Å². The van der Waals surface area contributed by atoms with E-state index in [0.717, 1.165) is 36.1 Å². The van der Waals surface area contributed by atoms with Crippen molar-refractivity contribution in [3.8, 4) is 6.07 Å². The van der Waals surface area contributed by atoms with E-state index < -0.39 is 0 Å². The van der Waals surface area contributed by atoms with Crippen LogP contribution in [-0.4, -0.2) is 29.6 Å². The van der Waals surface area contributed by atoms with Crippen LogP contribution >= 0.6 is 0 Å². The van der Waals surface area contributed by atoms with Gasteiger partial charge in [0.05, 0.1) is 12.5 Å². The minimum atomic E-state index is 0.506. The second-order valence-electron chi connectivity index (χ2n) is 5.35. The summed E-state index contributed by atoms with van der Waals surface area (Å²) in [7, 11) is 0. The van der Waals surface area contributed by atoms with Gasteiger partial charge in [0.25, 0.3) is 0 Å². The summed E-state index contributed by atoms with van der Waals surface area (Å²) in [6.45, 7) is 12.8. The molecular weight excluding hydrogens is 250 g/mol. The molecule has 0 aliphatic heterocycles. The molecule has 0 saturated heterocycles. The van der Waals surface area contributed by atoms with Gasteiger partial charge in [-0.05, 0) is 26.7 Å². The summed E-state index contributed by atoms with van der Waals surface area (Å²) in [6.07, 6.45) is 0.506. The van der Waals surface area contributed by atoms with Gasteiger partial charge in [-0.15, -0.1) is 0 Å². The molecule has 20 heavy (non-hydrogen) atoms. The molecule has 0 amide bonds. The molecule has 1 aromatic rings. The first-order chi connectivity index (χ1) is 9.49. The first-order valence-corrected chi connectivity index (χ1v) is 7.20. The molecular formula is C15H25N5. The largest absolute Gasteiger partial charge is 0.370 e. The van der Waals surface area contributed by atoms with E-state index in [4.69, 9.17) is 5.26 Å². The highest BCUT2D eigenvalue weighted by atomic mass is 15.2. The molecule has 0 aromatic carbocycles. The van der Waals surface area contributed by atoms with E-state index in [1.54, 1.807) is 0 Å². The van der Waals surface area contributed by atoms with Gasteiger partial charge >= 0.3 is 0 Å². The number of nitriles is 1. The molecule has 0 bridgehead atoms. The Balaban J connectivity index is 3.14. The van der Waals surface area contributed by atoms with Crippen molar-refractivity contribution in [2.45, 2.75) is 41.0 Å². The number of nitrogens with zero attached hydrogens (tertiary/aromatic N) is 4. The normalized spacial score (nSPS) is 10.4. The molecule has 5 heteroatoms. The third-order valence-corrected chi connectivity index (χ3v) is 2.95. The van der Waals surface area contributed by atoms with E-state index in [1.165, 1.54) is 0 Å². The van der Waals surface area contributed by atoms with Gasteiger partial charge in [-0.2, -0.15) is 5.26 Å². The van der Waals surface area contributed by atoms with E-state index in [-0.39, 0.29) is 0 Å². The summed E-state index contributed by atoms with van der Waals surface area (Å²) in [6, 6.07) is 2.21. The maximum absolute atomic E-state index is 8.84. The Labute approximate surface area is 122 Å². The first-order valence-electron chi connectivity index (χ1n) is 7.20. The average Bonchev–Trinajstić information content (AvgIpc) is 2.38. The predicted octanol–water partition coefficient (Wildman–Crippen LogP) is 2.90. The lowest BCUT2D eigenvalue weighted by Crippen LogP contribution is -2.30. The lowest BCUT2D eigenvalue weighted by Gasteiger charge is -2.27. The van der Waals surface area contributed by atoms with Gasteiger partial charge in [0, 0.05) is 25.2 Å². The molecule has 0 aliphatic carbocycles. The Morgan fingerprint density at radius 1 is 1.30 bits per heavy atom. The fraction of sp³-hybridized carbons (Fsp3) is 0.667. The van der Waals surface area contributed by atoms with E-state index in [2.05, 4.69) is 47.0 Å². The van der Waals surface area contributed by atoms with Gasteiger partial charge in [0.2, 0.25) is 0 Å². The van der Waals surface area contributed by atoms with E-state index in [9.17, 15) is 0 Å². The van der Waals surface area contributed by atoms with E-state index in [0.29, 0.717) is 18.9 Å². The molecule has 1 N–H and O–H groups in total. The standard InChI is InChI=1S/C15H25N5/c1-6-17-14-12(4)15(19-13(5)18-14)20(9-7-8-16)10-11(2)3/h11H,6-7,9-10H2,1-5H3,(H,17,18,19). The second-order valence-corrected chi connectivity index (χ2v) is 5.35. The third-order valence-electron chi connectivity index (χ3n) is 2.95. The van der Waals surface area contributed by atoms with Crippen LogP contribution in [0.3, 0.4) is 0 Å². The molecule has 1 heterocycles. The van der Waals surface area contributed by atoms with E-state index in [1.807, 2.05) is 13.8 Å². The number of aromatic nitrogens is 2. The minimum Gasteiger partial charge on any atom is -0.370 e. The zero-order valence-electron chi connectivity index (χ0n) is 13.2. The van der Waals surface area contributed by atoms with E-state index >= 15 is 0 Å². The minimum absolute atomic E-state index is 0.506. The molecule has 1 rings (SSSR count). The molecule has 0 fully saturated rings. The van der Waals surface area contributed by atoms with Crippen LogP contribution in [0.1, 0.15) is 38.6 Å². The summed E-state index contributed by atoms with van der Waals surface area (Å²) in [5.41, 5.74) is 1.05. The summed E-state index contributed by atoms with van der Waals surface area (Å²) < 4.78 is 0. The fourth-order valence-electron chi connectivity index (χ4n) is 2.17. The monoisotopic (exact) mass is 275 g/mol. The maximum atomic E-state index is 8.84. The quantitative estimate of drug-likeness (QED) is 0.829. The molecule has 5 nitrogen and oxygen atoms in total. The van der Waals surface area contributed by atoms with Crippen molar-refractivity contribution in [3.05, 3.63) is 11.4 Å². The topological polar surface area (TPSA) is 64.8 Å². The highest BCUT2D eigenvalue weighted by Gasteiger charge is 2.16. The van der Waals surface area contributed by atoms with Crippen LogP contribution in [0.2, 0.25) is 0 Å². The van der Waals surface area contributed by atoms with Crippen LogP contribution in [-0.2, 0) is 0 Å². The number of hydrogen-bond acceptors (Lipinski definition) is 5. The Morgan fingerprint density at radius 2 is 2.00 bits per heavy atom. The van der Waals surface area contributed by atoms with Crippen molar-refractivity contribution in [1.82, 2.24) is 9.97 Å². The predicted molar refractivity (Wildman–Crippen MR) is 83.0 cm³/mol. The van der Waals surface area contributed by atoms with Crippen LogP contribution in [0, 0.1) is 31.1 Å².